The van der Waals surface area contributed by atoms with Crippen molar-refractivity contribution in [1.29, 1.82) is 0 Å². The van der Waals surface area contributed by atoms with E-state index in [1.165, 1.54) is 7.11 Å². The second-order valence-electron chi connectivity index (χ2n) is 8.12. The Hall–Kier alpha value is -2.04. The Kier molecular flexibility index (Phi) is 4.91. The number of rotatable bonds is 3. The van der Waals surface area contributed by atoms with E-state index < -0.39 is 54.2 Å². The van der Waals surface area contributed by atoms with Gasteiger partial charge in [-0.3, -0.25) is 4.79 Å². The fourth-order valence-corrected chi connectivity index (χ4v) is 3.91. The Labute approximate surface area is 168 Å². The number of para-hydroxylation sites is 1. The van der Waals surface area contributed by atoms with Gasteiger partial charge in [0.15, 0.2) is 24.0 Å². The number of hydrogen-bond acceptors (Lipinski definition) is 8. The van der Waals surface area contributed by atoms with Crippen LogP contribution in [0, 0.1) is 0 Å². The average Bonchev–Trinajstić information content (AvgIpc) is 3.14. The summed E-state index contributed by atoms with van der Waals surface area (Å²) in [6.07, 6.45) is -3.57. The van der Waals surface area contributed by atoms with Gasteiger partial charge in [-0.1, -0.05) is 12.1 Å². The van der Waals surface area contributed by atoms with Gasteiger partial charge in [-0.25, -0.2) is 4.79 Å². The van der Waals surface area contributed by atoms with Gasteiger partial charge in [0.25, 0.3) is 5.91 Å². The zero-order valence-electron chi connectivity index (χ0n) is 17.0. The van der Waals surface area contributed by atoms with Crippen molar-refractivity contribution < 1.29 is 38.0 Å². The number of fused-ring (bicyclic) bond motifs is 3. The molecule has 29 heavy (non-hydrogen) atoms. The van der Waals surface area contributed by atoms with E-state index in [2.05, 4.69) is 5.32 Å². The van der Waals surface area contributed by atoms with Crippen LogP contribution in [-0.2, 0) is 33.2 Å². The first-order valence-electron chi connectivity index (χ1n) is 9.45. The predicted molar refractivity (Wildman–Crippen MR) is 98.9 cm³/mol. The van der Waals surface area contributed by atoms with Crippen LogP contribution in [0.25, 0.3) is 0 Å². The molecule has 158 valence electrons. The molecular formula is C20H25NO8. The molecule has 0 bridgehead atoms. The summed E-state index contributed by atoms with van der Waals surface area (Å²) in [4.78, 5) is 25.1. The molecule has 9 heteroatoms. The smallest absolute Gasteiger partial charge is 0.339 e. The molecule has 3 fully saturated rings. The molecule has 0 spiro atoms. The summed E-state index contributed by atoms with van der Waals surface area (Å²) >= 11 is 0. The number of amides is 1. The second kappa shape index (κ2) is 7.03. The molecule has 0 unspecified atom stereocenters. The van der Waals surface area contributed by atoms with Crippen molar-refractivity contribution in [3.63, 3.8) is 0 Å². The van der Waals surface area contributed by atoms with Crippen LogP contribution < -0.4 is 5.32 Å². The third kappa shape index (κ3) is 3.76. The topological polar surface area (TPSA) is 102 Å². The number of carbonyl (C=O) groups is 2. The molecule has 1 aromatic carbocycles. The minimum atomic E-state index is -1.02. The van der Waals surface area contributed by atoms with Crippen molar-refractivity contribution in [3.8, 4) is 0 Å². The highest BCUT2D eigenvalue weighted by atomic mass is 16.9. The number of anilines is 1. The highest BCUT2D eigenvalue weighted by Crippen LogP contribution is 2.44. The summed E-state index contributed by atoms with van der Waals surface area (Å²) in [5, 5.41) is 2.74. The van der Waals surface area contributed by atoms with Gasteiger partial charge in [0.2, 0.25) is 0 Å². The third-order valence-corrected chi connectivity index (χ3v) is 5.00. The summed E-state index contributed by atoms with van der Waals surface area (Å²) < 4.78 is 34.4. The minimum Gasteiger partial charge on any atom is -0.465 e. The molecule has 0 aromatic heterocycles. The molecule has 3 aliphatic heterocycles. The van der Waals surface area contributed by atoms with E-state index in [0.717, 1.165) is 0 Å². The van der Waals surface area contributed by atoms with Crippen LogP contribution in [0.3, 0.4) is 0 Å². The maximum Gasteiger partial charge on any atom is 0.339 e. The van der Waals surface area contributed by atoms with E-state index in [4.69, 9.17) is 28.4 Å². The number of benzene rings is 1. The summed E-state index contributed by atoms with van der Waals surface area (Å²) in [6, 6.07) is 6.57. The van der Waals surface area contributed by atoms with E-state index in [1.807, 2.05) is 0 Å². The van der Waals surface area contributed by atoms with Gasteiger partial charge in [0.05, 0.1) is 18.4 Å². The Balaban J connectivity index is 1.59. The fraction of sp³-hybridized carbons (Fsp3) is 0.600. The van der Waals surface area contributed by atoms with Crippen LogP contribution in [0.15, 0.2) is 24.3 Å². The molecule has 1 amide bonds. The molecule has 0 saturated carbocycles. The fourth-order valence-electron chi connectivity index (χ4n) is 3.91. The van der Waals surface area contributed by atoms with Crippen LogP contribution >= 0.6 is 0 Å². The number of ether oxygens (including phenoxy) is 6. The lowest BCUT2D eigenvalue weighted by Crippen LogP contribution is -2.58. The van der Waals surface area contributed by atoms with Gasteiger partial charge in [0, 0.05) is 0 Å². The van der Waals surface area contributed by atoms with E-state index in [9.17, 15) is 9.59 Å². The van der Waals surface area contributed by atoms with E-state index in [0.29, 0.717) is 5.69 Å². The quantitative estimate of drug-likeness (QED) is 0.757. The maximum absolute atomic E-state index is 13.1. The van der Waals surface area contributed by atoms with Crippen molar-refractivity contribution in [1.82, 2.24) is 0 Å². The molecule has 1 N–H and O–H groups in total. The minimum absolute atomic E-state index is 0.235. The molecule has 5 atom stereocenters. The van der Waals surface area contributed by atoms with E-state index in [-0.39, 0.29) is 5.56 Å². The van der Waals surface area contributed by atoms with Gasteiger partial charge >= 0.3 is 5.97 Å². The second-order valence-corrected chi connectivity index (χ2v) is 8.12. The monoisotopic (exact) mass is 407 g/mol. The van der Waals surface area contributed by atoms with Crippen LogP contribution in [0.2, 0.25) is 0 Å². The van der Waals surface area contributed by atoms with Crippen molar-refractivity contribution in [3.05, 3.63) is 29.8 Å². The van der Waals surface area contributed by atoms with Crippen molar-refractivity contribution in [2.45, 2.75) is 70.0 Å². The molecule has 3 heterocycles. The summed E-state index contributed by atoms with van der Waals surface area (Å²) in [7, 11) is 1.28. The van der Waals surface area contributed by atoms with Crippen LogP contribution in [0.1, 0.15) is 38.1 Å². The normalized spacial score (nSPS) is 34.2. The SMILES string of the molecule is COC(=O)c1ccccc1NC(=O)[C@@H]1O[C@H]2OC(C)(C)O[C@@H]2[C@H]2OC(C)(C)O[C@H]21. The zero-order chi connectivity index (χ0) is 21.0. The molecule has 1 aromatic rings. The number of carbonyl (C=O) groups excluding carboxylic acids is 2. The molecule has 3 saturated heterocycles. The first kappa shape index (κ1) is 20.2. The Morgan fingerprint density at radius 3 is 2.28 bits per heavy atom. The molecular weight excluding hydrogens is 382 g/mol. The average molecular weight is 407 g/mol. The molecule has 0 aliphatic carbocycles. The van der Waals surface area contributed by atoms with Gasteiger partial charge in [0.1, 0.15) is 18.3 Å². The van der Waals surface area contributed by atoms with Gasteiger partial charge in [-0.05, 0) is 39.8 Å². The lowest BCUT2D eigenvalue weighted by Gasteiger charge is -2.36. The van der Waals surface area contributed by atoms with Crippen molar-refractivity contribution in [2.24, 2.45) is 0 Å². The number of methoxy groups -OCH3 is 1. The van der Waals surface area contributed by atoms with Gasteiger partial charge in [-0.2, -0.15) is 0 Å². The molecule has 9 nitrogen and oxygen atoms in total. The lowest BCUT2D eigenvalue weighted by molar-refractivity contribution is -0.229. The highest BCUT2D eigenvalue weighted by Gasteiger charge is 2.62. The van der Waals surface area contributed by atoms with Crippen molar-refractivity contribution in [2.75, 3.05) is 12.4 Å². The largest absolute Gasteiger partial charge is 0.465 e. The molecule has 0 radical (unpaired) electrons. The van der Waals surface area contributed by atoms with Crippen LogP contribution in [0.5, 0.6) is 0 Å². The van der Waals surface area contributed by atoms with Gasteiger partial charge < -0.3 is 33.7 Å². The predicted octanol–water partition coefficient (Wildman–Crippen LogP) is 1.81. The number of nitrogens with one attached hydrogen (secondary N) is 1. The van der Waals surface area contributed by atoms with E-state index >= 15 is 0 Å². The van der Waals surface area contributed by atoms with Crippen molar-refractivity contribution >= 4 is 17.6 Å². The first-order chi connectivity index (χ1) is 13.6. The Bertz CT molecular complexity index is 822. The molecule has 4 rings (SSSR count). The lowest BCUT2D eigenvalue weighted by atomic mass is 9.98. The Morgan fingerprint density at radius 1 is 0.931 bits per heavy atom. The van der Waals surface area contributed by atoms with E-state index in [1.54, 1.807) is 52.0 Å². The van der Waals surface area contributed by atoms with Crippen LogP contribution in [-0.4, -0.2) is 61.3 Å². The maximum atomic E-state index is 13.1. The number of esters is 1. The Morgan fingerprint density at radius 2 is 1.55 bits per heavy atom. The standard InChI is InChI=1S/C20H25NO8/c1-19(2)26-12-13(27-19)15-18(29-20(3,4)28-15)25-14(12)16(22)21-11-9-7-6-8-10(11)17(23)24-5/h6-9,12-15,18H,1-5H3,(H,21,22)/t12-,13+,14-,15-,18+/m1/s1. The summed E-state index contributed by atoms with van der Waals surface area (Å²) in [6.45, 7) is 7.07. The third-order valence-electron chi connectivity index (χ3n) is 5.00. The number of hydrogen-bond donors (Lipinski definition) is 1. The van der Waals surface area contributed by atoms with Crippen LogP contribution in [0.4, 0.5) is 5.69 Å². The zero-order valence-corrected chi connectivity index (χ0v) is 17.0. The van der Waals surface area contributed by atoms with Gasteiger partial charge in [-0.15, -0.1) is 0 Å². The molecule has 3 aliphatic rings. The summed E-state index contributed by atoms with van der Waals surface area (Å²) in [5.74, 6) is -2.83. The summed E-state index contributed by atoms with van der Waals surface area (Å²) in [5.41, 5.74) is 0.549. The highest BCUT2D eigenvalue weighted by molar-refractivity contribution is 6.02. The first-order valence-corrected chi connectivity index (χ1v) is 9.45.